The Morgan fingerprint density at radius 1 is 1.11 bits per heavy atom. The summed E-state index contributed by atoms with van der Waals surface area (Å²) in [6, 6.07) is 5.60. The molecule has 0 spiro atoms. The molecule has 1 aliphatic heterocycles. The van der Waals surface area contributed by atoms with Crippen LogP contribution in [0.25, 0.3) is 0 Å². The van der Waals surface area contributed by atoms with Crippen LogP contribution in [0.3, 0.4) is 0 Å². The van der Waals surface area contributed by atoms with Crippen molar-refractivity contribution in [3.8, 4) is 0 Å². The number of benzene rings is 1. The zero-order valence-corrected chi connectivity index (χ0v) is 11.1. The van der Waals surface area contributed by atoms with Gasteiger partial charge in [-0.25, -0.2) is 4.39 Å². The molecule has 0 radical (unpaired) electrons. The summed E-state index contributed by atoms with van der Waals surface area (Å²) in [4.78, 5) is 27.0. The standard InChI is InChI=1S/C14H17FN2O2/c1-10(2)9-16-7-8-17(14(19)13(16)18)12-5-3-11(15)4-6-12/h3-6,10H,7-9H2,1-2H3. The summed E-state index contributed by atoms with van der Waals surface area (Å²) >= 11 is 0. The van der Waals surface area contributed by atoms with Crippen LogP contribution in [0, 0.1) is 11.7 Å². The van der Waals surface area contributed by atoms with Crippen LogP contribution in [0.5, 0.6) is 0 Å². The van der Waals surface area contributed by atoms with Crippen molar-refractivity contribution < 1.29 is 14.0 Å². The topological polar surface area (TPSA) is 40.6 Å². The number of piperazine rings is 1. The summed E-state index contributed by atoms with van der Waals surface area (Å²) in [6.45, 7) is 5.55. The second-order valence-electron chi connectivity index (χ2n) is 5.08. The normalized spacial score (nSPS) is 16.4. The minimum atomic E-state index is -0.543. The van der Waals surface area contributed by atoms with Crippen LogP contribution in [-0.4, -0.2) is 36.3 Å². The molecule has 0 saturated carbocycles. The van der Waals surface area contributed by atoms with Gasteiger partial charge in [-0.3, -0.25) is 9.59 Å². The molecule has 0 atom stereocenters. The summed E-state index contributed by atoms with van der Waals surface area (Å²) in [6.07, 6.45) is 0. The molecule has 2 amide bonds. The summed E-state index contributed by atoms with van der Waals surface area (Å²) in [7, 11) is 0. The molecule has 1 fully saturated rings. The van der Waals surface area contributed by atoms with Crippen LogP contribution < -0.4 is 4.90 Å². The van der Waals surface area contributed by atoms with E-state index in [0.717, 1.165) is 0 Å². The van der Waals surface area contributed by atoms with Gasteiger partial charge >= 0.3 is 11.8 Å². The maximum atomic E-state index is 12.9. The molecule has 0 unspecified atom stereocenters. The molecule has 1 saturated heterocycles. The monoisotopic (exact) mass is 264 g/mol. The van der Waals surface area contributed by atoms with Gasteiger partial charge in [-0.05, 0) is 30.2 Å². The van der Waals surface area contributed by atoms with E-state index in [1.165, 1.54) is 29.2 Å². The highest BCUT2D eigenvalue weighted by atomic mass is 19.1. The van der Waals surface area contributed by atoms with Gasteiger partial charge < -0.3 is 9.80 Å². The number of halogens is 1. The van der Waals surface area contributed by atoms with Gasteiger partial charge in [0.2, 0.25) is 0 Å². The van der Waals surface area contributed by atoms with Gasteiger partial charge in [-0.1, -0.05) is 13.8 Å². The van der Waals surface area contributed by atoms with E-state index in [1.54, 1.807) is 4.90 Å². The average molecular weight is 264 g/mol. The molecule has 4 nitrogen and oxygen atoms in total. The molecular weight excluding hydrogens is 247 g/mol. The summed E-state index contributed by atoms with van der Waals surface area (Å²) in [5, 5.41) is 0. The zero-order chi connectivity index (χ0) is 14.0. The van der Waals surface area contributed by atoms with Gasteiger partial charge in [0.1, 0.15) is 5.82 Å². The van der Waals surface area contributed by atoms with E-state index in [1.807, 2.05) is 13.8 Å². The summed E-state index contributed by atoms with van der Waals surface area (Å²) in [5.41, 5.74) is 0.559. The Balaban J connectivity index is 2.13. The first kappa shape index (κ1) is 13.5. The fraction of sp³-hybridized carbons (Fsp3) is 0.429. The fourth-order valence-electron chi connectivity index (χ4n) is 2.16. The first-order chi connectivity index (χ1) is 8.99. The Morgan fingerprint density at radius 2 is 1.74 bits per heavy atom. The molecule has 0 aliphatic carbocycles. The Bertz CT molecular complexity index is 485. The molecule has 0 aromatic heterocycles. The fourth-order valence-corrected chi connectivity index (χ4v) is 2.16. The number of anilines is 1. The maximum Gasteiger partial charge on any atom is 0.316 e. The molecule has 102 valence electrons. The largest absolute Gasteiger partial charge is 0.332 e. The average Bonchev–Trinajstić information content (AvgIpc) is 2.36. The Hall–Kier alpha value is -1.91. The Kier molecular flexibility index (Phi) is 3.83. The predicted molar refractivity (Wildman–Crippen MR) is 70.2 cm³/mol. The molecular formula is C14H17FN2O2. The maximum absolute atomic E-state index is 12.9. The highest BCUT2D eigenvalue weighted by Gasteiger charge is 2.33. The van der Waals surface area contributed by atoms with Crippen molar-refractivity contribution in [2.75, 3.05) is 24.5 Å². The van der Waals surface area contributed by atoms with Gasteiger partial charge in [0.15, 0.2) is 0 Å². The number of amides is 2. The van der Waals surface area contributed by atoms with Crippen molar-refractivity contribution in [1.82, 2.24) is 4.90 Å². The SMILES string of the molecule is CC(C)CN1CCN(c2ccc(F)cc2)C(=O)C1=O. The molecule has 19 heavy (non-hydrogen) atoms. The van der Waals surface area contributed by atoms with Crippen molar-refractivity contribution in [1.29, 1.82) is 0 Å². The molecule has 1 aromatic carbocycles. The zero-order valence-electron chi connectivity index (χ0n) is 11.1. The van der Waals surface area contributed by atoms with Crippen LogP contribution in [-0.2, 0) is 9.59 Å². The third-order valence-corrected chi connectivity index (χ3v) is 3.03. The number of hydrogen-bond donors (Lipinski definition) is 0. The molecule has 1 heterocycles. The van der Waals surface area contributed by atoms with Crippen LogP contribution in [0.4, 0.5) is 10.1 Å². The van der Waals surface area contributed by atoms with E-state index in [-0.39, 0.29) is 5.82 Å². The molecule has 1 aromatic rings. The highest BCUT2D eigenvalue weighted by molar-refractivity contribution is 6.40. The minimum absolute atomic E-state index is 0.328. The quantitative estimate of drug-likeness (QED) is 0.779. The molecule has 5 heteroatoms. The van der Waals surface area contributed by atoms with Gasteiger partial charge in [0.05, 0.1) is 0 Å². The smallest absolute Gasteiger partial charge is 0.316 e. The summed E-state index contributed by atoms with van der Waals surface area (Å²) < 4.78 is 12.9. The van der Waals surface area contributed by atoms with Crippen molar-refractivity contribution in [3.05, 3.63) is 30.1 Å². The van der Waals surface area contributed by atoms with Crippen molar-refractivity contribution in [3.63, 3.8) is 0 Å². The van der Waals surface area contributed by atoms with Gasteiger partial charge in [0.25, 0.3) is 0 Å². The molecule has 1 aliphatic rings. The van der Waals surface area contributed by atoms with E-state index in [0.29, 0.717) is 31.2 Å². The van der Waals surface area contributed by atoms with Gasteiger partial charge in [-0.2, -0.15) is 0 Å². The summed E-state index contributed by atoms with van der Waals surface area (Å²) in [5.74, 6) is -1.06. The van der Waals surface area contributed by atoms with Crippen LogP contribution >= 0.6 is 0 Å². The lowest BCUT2D eigenvalue weighted by molar-refractivity contribution is -0.146. The van der Waals surface area contributed by atoms with Crippen LogP contribution in [0.15, 0.2) is 24.3 Å². The van der Waals surface area contributed by atoms with Crippen LogP contribution in [0.2, 0.25) is 0 Å². The Labute approximate surface area is 111 Å². The minimum Gasteiger partial charge on any atom is -0.332 e. The molecule has 0 bridgehead atoms. The number of hydrogen-bond acceptors (Lipinski definition) is 2. The predicted octanol–water partition coefficient (Wildman–Crippen LogP) is 1.66. The number of rotatable bonds is 3. The van der Waals surface area contributed by atoms with Crippen LogP contribution in [0.1, 0.15) is 13.8 Å². The van der Waals surface area contributed by atoms with Gasteiger partial charge in [0, 0.05) is 25.3 Å². The lowest BCUT2D eigenvalue weighted by Crippen LogP contribution is -2.55. The van der Waals surface area contributed by atoms with Crippen molar-refractivity contribution in [2.45, 2.75) is 13.8 Å². The van der Waals surface area contributed by atoms with E-state index < -0.39 is 11.8 Å². The first-order valence-corrected chi connectivity index (χ1v) is 6.35. The first-order valence-electron chi connectivity index (χ1n) is 6.35. The van der Waals surface area contributed by atoms with E-state index >= 15 is 0 Å². The lowest BCUT2D eigenvalue weighted by Gasteiger charge is -2.34. The number of carbonyl (C=O) groups excluding carboxylic acids is 2. The Morgan fingerprint density at radius 3 is 2.32 bits per heavy atom. The van der Waals surface area contributed by atoms with E-state index in [2.05, 4.69) is 0 Å². The third-order valence-electron chi connectivity index (χ3n) is 3.03. The van der Waals surface area contributed by atoms with Gasteiger partial charge in [-0.15, -0.1) is 0 Å². The molecule has 2 rings (SSSR count). The third kappa shape index (κ3) is 2.92. The van der Waals surface area contributed by atoms with Crippen molar-refractivity contribution >= 4 is 17.5 Å². The van der Waals surface area contributed by atoms with E-state index in [9.17, 15) is 14.0 Å². The van der Waals surface area contributed by atoms with Crippen molar-refractivity contribution in [2.24, 2.45) is 5.92 Å². The highest BCUT2D eigenvalue weighted by Crippen LogP contribution is 2.18. The number of nitrogens with zero attached hydrogens (tertiary/aromatic N) is 2. The van der Waals surface area contributed by atoms with E-state index in [4.69, 9.17) is 0 Å². The second-order valence-corrected chi connectivity index (χ2v) is 5.08. The second kappa shape index (κ2) is 5.38. The lowest BCUT2D eigenvalue weighted by atomic mass is 10.1. The number of carbonyl (C=O) groups is 2. The molecule has 0 N–H and O–H groups in total.